The number of anilines is 2. The van der Waals surface area contributed by atoms with Gasteiger partial charge in [-0.1, -0.05) is 114 Å². The minimum atomic E-state index is -1.02. The molecule has 7 nitrogen and oxygen atoms in total. The van der Waals surface area contributed by atoms with E-state index in [1.807, 2.05) is 44.2 Å². The fourth-order valence-corrected chi connectivity index (χ4v) is 6.12. The number of halogens is 2. The van der Waals surface area contributed by atoms with Crippen molar-refractivity contribution in [1.82, 2.24) is 0 Å². The van der Waals surface area contributed by atoms with E-state index in [1.165, 1.54) is 10.6 Å². The summed E-state index contributed by atoms with van der Waals surface area (Å²) in [6, 6.07) is 25.8. The van der Waals surface area contributed by atoms with Gasteiger partial charge >= 0.3 is 0 Å². The van der Waals surface area contributed by atoms with Crippen molar-refractivity contribution in [1.29, 1.82) is 0 Å². The Hall–Kier alpha value is -4.33. The number of carbonyl (C=O) groups is 2. The van der Waals surface area contributed by atoms with E-state index < -0.39 is 18.1 Å². The van der Waals surface area contributed by atoms with Gasteiger partial charge < -0.3 is 14.8 Å². The van der Waals surface area contributed by atoms with Gasteiger partial charge in [0.1, 0.15) is 17.2 Å². The molecule has 5 rings (SSSR count). The number of benzene rings is 4. The first kappa shape index (κ1) is 37.9. The van der Waals surface area contributed by atoms with Gasteiger partial charge in [0.15, 0.2) is 6.10 Å². The fraction of sp³-hybridized carbons (Fsp3) is 0.357. The Morgan fingerprint density at radius 2 is 1.55 bits per heavy atom. The van der Waals surface area contributed by atoms with Gasteiger partial charge in [-0.3, -0.25) is 9.59 Å². The number of hydrogen-bond acceptors (Lipinski definition) is 5. The van der Waals surface area contributed by atoms with Crippen molar-refractivity contribution in [2.45, 2.75) is 97.7 Å². The van der Waals surface area contributed by atoms with E-state index in [9.17, 15) is 9.59 Å². The summed E-state index contributed by atoms with van der Waals surface area (Å²) in [5, 5.41) is 9.67. The van der Waals surface area contributed by atoms with Gasteiger partial charge in [-0.05, 0) is 91.1 Å². The van der Waals surface area contributed by atoms with Crippen LogP contribution in [-0.2, 0) is 20.4 Å². The number of rotatable bonds is 13. The first-order chi connectivity index (χ1) is 24.2. The Labute approximate surface area is 311 Å². The van der Waals surface area contributed by atoms with Crippen LogP contribution in [0.3, 0.4) is 0 Å². The van der Waals surface area contributed by atoms with E-state index in [-0.39, 0.29) is 21.8 Å². The molecule has 51 heavy (non-hydrogen) atoms. The molecule has 0 radical (unpaired) electrons. The zero-order valence-corrected chi connectivity index (χ0v) is 32.2. The lowest BCUT2D eigenvalue weighted by atomic mass is 9.76. The maximum atomic E-state index is 13.9. The average molecular weight is 729 g/mol. The van der Waals surface area contributed by atoms with Gasteiger partial charge in [-0.2, -0.15) is 10.1 Å². The number of carbonyl (C=O) groups excluding carboxylic acids is 2. The van der Waals surface area contributed by atoms with E-state index in [4.69, 9.17) is 32.7 Å². The zero-order valence-electron chi connectivity index (χ0n) is 30.6. The van der Waals surface area contributed by atoms with E-state index in [0.29, 0.717) is 45.6 Å². The molecule has 4 aromatic rings. The summed E-state index contributed by atoms with van der Waals surface area (Å²) in [6.07, 6.45) is 0.613. The van der Waals surface area contributed by atoms with Crippen LogP contribution in [0, 0.1) is 6.92 Å². The van der Waals surface area contributed by atoms with Gasteiger partial charge in [0, 0.05) is 21.8 Å². The summed E-state index contributed by atoms with van der Waals surface area (Å²) in [7, 11) is 0. The molecule has 0 fully saturated rings. The molecule has 0 saturated heterocycles. The molecule has 1 aliphatic heterocycles. The third-order valence-electron chi connectivity index (χ3n) is 9.94. The number of hydrogen-bond donors (Lipinski definition) is 1. The maximum Gasteiger partial charge on any atom is 0.294 e. The van der Waals surface area contributed by atoms with Crippen molar-refractivity contribution in [3.63, 3.8) is 0 Å². The Balaban J connectivity index is 1.38. The highest BCUT2D eigenvalue weighted by Crippen LogP contribution is 2.39. The number of aryl methyl sites for hydroxylation is 1. The smallest absolute Gasteiger partial charge is 0.294 e. The Morgan fingerprint density at radius 1 is 0.882 bits per heavy atom. The van der Waals surface area contributed by atoms with Crippen molar-refractivity contribution in [3.05, 3.63) is 117 Å². The minimum absolute atomic E-state index is 0.0154. The predicted molar refractivity (Wildman–Crippen MR) is 209 cm³/mol. The number of ether oxygens (including phenoxy) is 2. The molecule has 1 heterocycles. The van der Waals surface area contributed by atoms with Crippen molar-refractivity contribution < 1.29 is 19.1 Å². The molecule has 268 valence electrons. The second kappa shape index (κ2) is 15.5. The molecule has 0 aliphatic carbocycles. The molecular weight excluding hydrogens is 681 g/mol. The van der Waals surface area contributed by atoms with Crippen molar-refractivity contribution in [2.75, 3.05) is 10.3 Å². The third kappa shape index (κ3) is 8.43. The quantitative estimate of drug-likeness (QED) is 0.149. The van der Waals surface area contributed by atoms with Crippen LogP contribution in [0.15, 0.2) is 90.0 Å². The molecule has 1 aliphatic rings. The van der Waals surface area contributed by atoms with Crippen LogP contribution in [0.2, 0.25) is 10.0 Å². The molecule has 1 N–H and O–H groups in total. The monoisotopic (exact) mass is 727 g/mol. The summed E-state index contributed by atoms with van der Waals surface area (Å²) in [5.41, 5.74) is 5.19. The van der Waals surface area contributed by atoms with E-state index >= 15 is 0 Å². The molecule has 0 spiro atoms. The second-order valence-electron chi connectivity index (χ2n) is 14.3. The first-order valence-electron chi connectivity index (χ1n) is 17.5. The molecule has 0 bridgehead atoms. The van der Waals surface area contributed by atoms with Crippen LogP contribution in [0.5, 0.6) is 11.5 Å². The van der Waals surface area contributed by atoms with Crippen LogP contribution < -0.4 is 19.8 Å². The van der Waals surface area contributed by atoms with Crippen LogP contribution in [0.4, 0.5) is 11.4 Å². The molecular formula is C42H47Cl2N3O4. The van der Waals surface area contributed by atoms with Crippen LogP contribution in [0.25, 0.3) is 0 Å². The Morgan fingerprint density at radius 3 is 2.16 bits per heavy atom. The summed E-state index contributed by atoms with van der Waals surface area (Å²) in [5.74, 6) is 0.534. The minimum Gasteiger partial charge on any atom is -0.480 e. The van der Waals surface area contributed by atoms with Crippen molar-refractivity contribution >= 4 is 52.1 Å². The first-order valence-corrected chi connectivity index (χ1v) is 18.3. The molecule has 0 aromatic heterocycles. The largest absolute Gasteiger partial charge is 0.480 e. The fourth-order valence-electron chi connectivity index (χ4n) is 5.73. The zero-order chi connectivity index (χ0) is 37.1. The van der Waals surface area contributed by atoms with Crippen molar-refractivity contribution in [2.24, 2.45) is 5.10 Å². The highest BCUT2D eigenvalue weighted by Gasteiger charge is 2.40. The number of hydrazone groups is 1. The molecule has 2 amide bonds. The molecule has 4 aromatic carbocycles. The highest BCUT2D eigenvalue weighted by molar-refractivity contribution is 6.35. The summed E-state index contributed by atoms with van der Waals surface area (Å²) in [6.45, 7) is 17.1. The standard InChI is InChI=1S/C42H47Cl2N3O4/c1-9-35(51-36-23-16-28(41(5,6)10-2)24-32(36)42(7,8)11-3)39(48)45-30-19-22-34(33(44)25-30)47-40(49)38(50-31-20-12-26(4)13-21-31)37(46-47)27-14-17-29(43)18-15-27/h12-25,35,38H,9-11H2,1-8H3,(H,45,48). The van der Waals surface area contributed by atoms with Gasteiger partial charge in [-0.25, -0.2) is 0 Å². The average Bonchev–Trinajstić information content (AvgIpc) is 3.43. The van der Waals surface area contributed by atoms with Crippen LogP contribution in [0.1, 0.15) is 90.0 Å². The molecule has 2 unspecified atom stereocenters. The molecule has 9 heteroatoms. The Kier molecular flexibility index (Phi) is 11.5. The number of nitrogens with zero attached hydrogens (tertiary/aromatic N) is 2. The number of nitrogens with one attached hydrogen (secondary N) is 1. The lowest BCUT2D eigenvalue weighted by molar-refractivity contribution is -0.123. The van der Waals surface area contributed by atoms with E-state index in [2.05, 4.69) is 64.1 Å². The van der Waals surface area contributed by atoms with Gasteiger partial charge in [0.05, 0.1) is 10.7 Å². The molecule has 2 atom stereocenters. The SMILES string of the molecule is CCC(Oc1ccc(C(C)(C)CC)cc1C(C)(C)CC)C(=O)Nc1ccc(N2N=C(c3ccc(Cl)cc3)C(Oc3ccc(C)cc3)C2=O)c(Cl)c1. The van der Waals surface area contributed by atoms with Crippen LogP contribution >= 0.6 is 23.2 Å². The van der Waals surface area contributed by atoms with Gasteiger partial charge in [0.2, 0.25) is 6.10 Å². The van der Waals surface area contributed by atoms with Gasteiger partial charge in [0.25, 0.3) is 11.8 Å². The topological polar surface area (TPSA) is 80.2 Å². The second-order valence-corrected chi connectivity index (χ2v) is 15.2. The normalized spacial score (nSPS) is 15.4. The third-order valence-corrected chi connectivity index (χ3v) is 10.5. The summed E-state index contributed by atoms with van der Waals surface area (Å²) in [4.78, 5) is 27.5. The van der Waals surface area contributed by atoms with Gasteiger partial charge in [-0.15, -0.1) is 0 Å². The predicted octanol–water partition coefficient (Wildman–Crippen LogP) is 10.7. The Bertz CT molecular complexity index is 1920. The lowest BCUT2D eigenvalue weighted by Gasteiger charge is -2.31. The number of amides is 2. The van der Waals surface area contributed by atoms with Crippen LogP contribution in [-0.4, -0.2) is 29.7 Å². The molecule has 0 saturated carbocycles. The van der Waals surface area contributed by atoms with E-state index in [0.717, 1.165) is 24.0 Å². The highest BCUT2D eigenvalue weighted by atomic mass is 35.5. The van der Waals surface area contributed by atoms with Crippen molar-refractivity contribution in [3.8, 4) is 11.5 Å². The lowest BCUT2D eigenvalue weighted by Crippen LogP contribution is -2.37. The maximum absolute atomic E-state index is 13.9. The summed E-state index contributed by atoms with van der Waals surface area (Å²) < 4.78 is 12.6. The van der Waals surface area contributed by atoms with E-state index in [1.54, 1.807) is 42.5 Å². The summed E-state index contributed by atoms with van der Waals surface area (Å²) >= 11 is 12.9.